The average molecular weight is 389 g/mol. The zero-order chi connectivity index (χ0) is 18.6. The van der Waals surface area contributed by atoms with Crippen molar-refractivity contribution in [3.63, 3.8) is 0 Å². The molecule has 0 fully saturated rings. The zero-order valence-corrected chi connectivity index (χ0v) is 14.8. The summed E-state index contributed by atoms with van der Waals surface area (Å²) in [4.78, 5) is 20.0. The first-order chi connectivity index (χ1) is 12.4. The largest absolute Gasteiger partial charge is 0.322 e. The number of carbonyl (C=O) groups is 1. The fraction of sp³-hybridized carbons (Fsp3) is 0. The van der Waals surface area contributed by atoms with Crippen molar-refractivity contribution in [3.05, 3.63) is 77.6 Å². The summed E-state index contributed by atoms with van der Waals surface area (Å²) in [6.45, 7) is 0. The molecule has 0 saturated carbocycles. The van der Waals surface area contributed by atoms with Crippen LogP contribution in [0.2, 0.25) is 5.02 Å². The van der Waals surface area contributed by atoms with Gasteiger partial charge in [-0.05, 0) is 30.3 Å². The number of aromatic nitrogens is 2. The summed E-state index contributed by atoms with van der Waals surface area (Å²) in [6.07, 6.45) is 2.46. The molecule has 1 heterocycles. The summed E-state index contributed by atoms with van der Waals surface area (Å²) >= 11 is 5.87. The molecule has 26 heavy (non-hydrogen) atoms. The molecule has 9 heteroatoms. The number of carbonyl (C=O) groups excluding carboxylic acids is 1. The summed E-state index contributed by atoms with van der Waals surface area (Å²) in [6, 6.07) is 14.5. The van der Waals surface area contributed by atoms with Gasteiger partial charge in [-0.2, -0.15) is 0 Å². The van der Waals surface area contributed by atoms with Crippen LogP contribution in [0.5, 0.6) is 0 Å². The van der Waals surface area contributed by atoms with Crippen LogP contribution in [-0.2, 0) is 10.0 Å². The maximum Gasteiger partial charge on any atom is 0.264 e. The molecule has 2 N–H and O–H groups in total. The Kier molecular flexibility index (Phi) is 5.15. The molecule has 0 spiro atoms. The number of rotatable bonds is 5. The molecule has 0 unspecified atom stereocenters. The van der Waals surface area contributed by atoms with Gasteiger partial charge in [0, 0.05) is 23.1 Å². The molecule has 1 aromatic heterocycles. The molecule has 3 rings (SSSR count). The molecule has 2 aromatic carbocycles. The van der Waals surface area contributed by atoms with E-state index in [1.54, 1.807) is 42.5 Å². The van der Waals surface area contributed by atoms with Gasteiger partial charge in [0.25, 0.3) is 15.9 Å². The molecule has 1 amide bonds. The Bertz CT molecular complexity index is 1030. The van der Waals surface area contributed by atoms with Crippen molar-refractivity contribution >= 4 is 39.2 Å². The molecular formula is C17H13ClN4O3S. The minimum absolute atomic E-state index is 0.0892. The van der Waals surface area contributed by atoms with Crippen molar-refractivity contribution in [3.8, 4) is 0 Å². The SMILES string of the molecule is O=C(Nc1cccc(Cl)c1)c1cnc(NS(=O)(=O)c2ccccc2)nc1. The summed E-state index contributed by atoms with van der Waals surface area (Å²) in [5.74, 6) is -0.571. The van der Waals surface area contributed by atoms with Crippen LogP contribution in [-0.4, -0.2) is 24.3 Å². The van der Waals surface area contributed by atoms with E-state index < -0.39 is 15.9 Å². The topological polar surface area (TPSA) is 101 Å². The molecular weight excluding hydrogens is 376 g/mol. The molecule has 0 saturated heterocycles. The van der Waals surface area contributed by atoms with Gasteiger partial charge in [0.15, 0.2) is 0 Å². The third-order valence-corrected chi connectivity index (χ3v) is 4.85. The van der Waals surface area contributed by atoms with Crippen LogP contribution >= 0.6 is 11.6 Å². The van der Waals surface area contributed by atoms with Crippen LogP contribution in [0.1, 0.15) is 10.4 Å². The minimum Gasteiger partial charge on any atom is -0.322 e. The van der Waals surface area contributed by atoms with Crippen molar-refractivity contribution < 1.29 is 13.2 Å². The molecule has 0 atom stereocenters. The normalized spacial score (nSPS) is 11.0. The van der Waals surface area contributed by atoms with E-state index in [1.807, 2.05) is 0 Å². The second-order valence-electron chi connectivity index (χ2n) is 5.18. The first-order valence-electron chi connectivity index (χ1n) is 7.41. The van der Waals surface area contributed by atoms with Crippen LogP contribution < -0.4 is 10.0 Å². The van der Waals surface area contributed by atoms with Crippen LogP contribution in [0.15, 0.2) is 71.9 Å². The summed E-state index contributed by atoms with van der Waals surface area (Å²) in [7, 11) is -3.79. The van der Waals surface area contributed by atoms with Gasteiger partial charge in [0.1, 0.15) is 0 Å². The zero-order valence-electron chi connectivity index (χ0n) is 13.3. The summed E-state index contributed by atoms with van der Waals surface area (Å²) in [5.41, 5.74) is 0.698. The maximum absolute atomic E-state index is 12.2. The fourth-order valence-corrected chi connectivity index (χ4v) is 3.22. The van der Waals surface area contributed by atoms with Gasteiger partial charge < -0.3 is 5.32 Å². The van der Waals surface area contributed by atoms with E-state index >= 15 is 0 Å². The van der Waals surface area contributed by atoms with Crippen molar-refractivity contribution in [1.29, 1.82) is 0 Å². The number of sulfonamides is 1. The molecule has 132 valence electrons. The number of nitrogens with one attached hydrogen (secondary N) is 2. The van der Waals surface area contributed by atoms with Crippen molar-refractivity contribution in [1.82, 2.24) is 9.97 Å². The van der Waals surface area contributed by atoms with E-state index in [2.05, 4.69) is 20.0 Å². The standard InChI is InChI=1S/C17H13ClN4O3S/c18-13-5-4-6-14(9-13)21-16(23)12-10-19-17(20-11-12)22-26(24,25)15-7-2-1-3-8-15/h1-11H,(H,21,23)(H,19,20,22). The Morgan fingerprint density at radius 1 is 0.962 bits per heavy atom. The number of amides is 1. The molecule has 0 aliphatic heterocycles. The van der Waals surface area contributed by atoms with E-state index in [0.29, 0.717) is 10.7 Å². The second-order valence-corrected chi connectivity index (χ2v) is 7.30. The first-order valence-corrected chi connectivity index (χ1v) is 9.27. The van der Waals surface area contributed by atoms with Crippen LogP contribution in [0.25, 0.3) is 0 Å². The average Bonchev–Trinajstić information content (AvgIpc) is 2.63. The Balaban J connectivity index is 1.71. The lowest BCUT2D eigenvalue weighted by molar-refractivity contribution is 0.102. The highest BCUT2D eigenvalue weighted by Crippen LogP contribution is 2.16. The van der Waals surface area contributed by atoms with Gasteiger partial charge in [-0.25, -0.2) is 23.1 Å². The van der Waals surface area contributed by atoms with Crippen LogP contribution in [0.3, 0.4) is 0 Å². The lowest BCUT2D eigenvalue weighted by Crippen LogP contribution is -2.16. The maximum atomic E-state index is 12.2. The number of hydrogen-bond donors (Lipinski definition) is 2. The summed E-state index contributed by atoms with van der Waals surface area (Å²) in [5, 5.41) is 3.14. The number of hydrogen-bond acceptors (Lipinski definition) is 5. The smallest absolute Gasteiger partial charge is 0.264 e. The molecule has 0 bridgehead atoms. The predicted octanol–water partition coefficient (Wildman–Crippen LogP) is 3.18. The molecule has 0 radical (unpaired) electrons. The predicted molar refractivity (Wildman–Crippen MR) is 98.7 cm³/mol. The Labute approximate surface area is 155 Å². The van der Waals surface area contributed by atoms with E-state index in [0.717, 1.165) is 0 Å². The van der Waals surface area contributed by atoms with Crippen molar-refractivity contribution in [2.75, 3.05) is 10.0 Å². The molecule has 0 aliphatic rings. The number of benzene rings is 2. The third kappa shape index (κ3) is 4.35. The van der Waals surface area contributed by atoms with Crippen LogP contribution in [0.4, 0.5) is 11.6 Å². The monoisotopic (exact) mass is 388 g/mol. The lowest BCUT2D eigenvalue weighted by atomic mass is 10.3. The lowest BCUT2D eigenvalue weighted by Gasteiger charge is -2.08. The Morgan fingerprint density at radius 3 is 2.31 bits per heavy atom. The van der Waals surface area contributed by atoms with Gasteiger partial charge in [-0.3, -0.25) is 4.79 Å². The number of anilines is 2. The Hall–Kier alpha value is -2.97. The summed E-state index contributed by atoms with van der Waals surface area (Å²) < 4.78 is 26.7. The quantitative estimate of drug-likeness (QED) is 0.699. The van der Waals surface area contributed by atoms with Crippen LogP contribution in [0, 0.1) is 0 Å². The molecule has 3 aromatic rings. The van der Waals surface area contributed by atoms with Crippen molar-refractivity contribution in [2.24, 2.45) is 0 Å². The number of nitrogens with zero attached hydrogens (tertiary/aromatic N) is 2. The van der Waals surface area contributed by atoms with Crippen molar-refractivity contribution in [2.45, 2.75) is 4.90 Å². The van der Waals surface area contributed by atoms with E-state index in [1.165, 1.54) is 24.5 Å². The van der Waals surface area contributed by atoms with Gasteiger partial charge in [0.05, 0.1) is 10.5 Å². The molecule has 7 nitrogen and oxygen atoms in total. The van der Waals surface area contributed by atoms with Gasteiger partial charge in [0.2, 0.25) is 5.95 Å². The van der Waals surface area contributed by atoms with E-state index in [-0.39, 0.29) is 16.4 Å². The van der Waals surface area contributed by atoms with Gasteiger partial charge >= 0.3 is 0 Å². The highest BCUT2D eigenvalue weighted by molar-refractivity contribution is 7.92. The highest BCUT2D eigenvalue weighted by atomic mass is 35.5. The third-order valence-electron chi connectivity index (χ3n) is 3.28. The first kappa shape index (κ1) is 17.8. The fourth-order valence-electron chi connectivity index (χ4n) is 2.05. The molecule has 0 aliphatic carbocycles. The van der Waals surface area contributed by atoms with E-state index in [4.69, 9.17) is 11.6 Å². The number of halogens is 1. The van der Waals surface area contributed by atoms with Gasteiger partial charge in [-0.1, -0.05) is 35.9 Å². The second kappa shape index (κ2) is 7.51. The van der Waals surface area contributed by atoms with Gasteiger partial charge in [-0.15, -0.1) is 0 Å². The van der Waals surface area contributed by atoms with E-state index in [9.17, 15) is 13.2 Å². The Morgan fingerprint density at radius 2 is 1.65 bits per heavy atom. The minimum atomic E-state index is -3.79. The highest BCUT2D eigenvalue weighted by Gasteiger charge is 2.15.